The zero-order valence-corrected chi connectivity index (χ0v) is 17.3. The predicted octanol–water partition coefficient (Wildman–Crippen LogP) is 1.31. The Hall–Kier alpha value is -3.62. The summed E-state index contributed by atoms with van der Waals surface area (Å²) in [7, 11) is 2.87. The minimum atomic E-state index is -0.587. The van der Waals surface area contributed by atoms with Crippen LogP contribution in [0.1, 0.15) is 37.3 Å². The number of fused-ring (bicyclic) bond motifs is 3. The lowest BCUT2D eigenvalue weighted by atomic mass is 10.0. The second kappa shape index (κ2) is 7.01. The molecule has 4 rings (SSSR count). The highest BCUT2D eigenvalue weighted by Crippen LogP contribution is 2.28. The Balaban J connectivity index is 2.24. The molecule has 0 fully saturated rings. The van der Waals surface area contributed by atoms with Crippen LogP contribution in [-0.2, 0) is 20.6 Å². The van der Waals surface area contributed by atoms with Crippen LogP contribution in [0.3, 0.4) is 0 Å². The fourth-order valence-electron chi connectivity index (χ4n) is 3.76. The molecule has 0 radical (unpaired) electrons. The summed E-state index contributed by atoms with van der Waals surface area (Å²) in [5, 5.41) is 11.1. The van der Waals surface area contributed by atoms with E-state index in [1.165, 1.54) is 27.6 Å². The first-order valence-electron chi connectivity index (χ1n) is 9.75. The van der Waals surface area contributed by atoms with Gasteiger partial charge in [0, 0.05) is 14.1 Å². The van der Waals surface area contributed by atoms with Crippen LogP contribution in [0.25, 0.3) is 16.9 Å². The molecule has 30 heavy (non-hydrogen) atoms. The first-order chi connectivity index (χ1) is 14.3. The molecule has 4 aromatic rings. The number of aryl methyl sites for hydroxylation is 1. The number of rotatable bonds is 4. The van der Waals surface area contributed by atoms with Crippen LogP contribution < -0.4 is 16.8 Å². The molecule has 1 atom stereocenters. The first kappa shape index (κ1) is 19.7. The van der Waals surface area contributed by atoms with Gasteiger partial charge in [-0.2, -0.15) is 4.98 Å². The molecule has 3 aromatic heterocycles. The summed E-state index contributed by atoms with van der Waals surface area (Å²) in [4.78, 5) is 43.1. The molecule has 1 unspecified atom stereocenters. The molecule has 9 nitrogen and oxygen atoms in total. The Labute approximate surface area is 171 Å². The van der Waals surface area contributed by atoms with Gasteiger partial charge in [-0.25, -0.2) is 9.20 Å². The summed E-state index contributed by atoms with van der Waals surface area (Å²) in [6.07, 6.45) is 0.628. The smallest absolute Gasteiger partial charge is 0.332 e. The van der Waals surface area contributed by atoms with Crippen LogP contribution in [0.5, 0.6) is 5.88 Å². The summed E-state index contributed by atoms with van der Waals surface area (Å²) in [6, 6.07) is 9.39. The van der Waals surface area contributed by atoms with Crippen molar-refractivity contribution in [2.75, 3.05) is 0 Å². The van der Waals surface area contributed by atoms with Crippen LogP contribution in [0.15, 0.2) is 44.7 Å². The predicted molar refractivity (Wildman–Crippen MR) is 113 cm³/mol. The van der Waals surface area contributed by atoms with Crippen molar-refractivity contribution in [3.63, 3.8) is 0 Å². The van der Waals surface area contributed by atoms with Crippen LogP contribution in [0, 0.1) is 0 Å². The van der Waals surface area contributed by atoms with Crippen molar-refractivity contribution in [1.82, 2.24) is 23.1 Å². The molecular weight excluding hydrogens is 386 g/mol. The molecule has 1 N–H and O–H groups in total. The van der Waals surface area contributed by atoms with Crippen molar-refractivity contribution in [1.29, 1.82) is 0 Å². The number of hydrogen-bond donors (Lipinski definition) is 1. The van der Waals surface area contributed by atoms with Crippen LogP contribution in [-0.4, -0.2) is 28.2 Å². The lowest BCUT2D eigenvalue weighted by molar-refractivity contribution is 0.427. The molecular formula is C21H23N5O4. The molecule has 0 aliphatic rings. The lowest BCUT2D eigenvalue weighted by Crippen LogP contribution is -2.37. The summed E-state index contributed by atoms with van der Waals surface area (Å²) in [6.45, 7) is 3.98. The normalized spacial score (nSPS) is 12.7. The third-order valence-corrected chi connectivity index (χ3v) is 5.70. The minimum absolute atomic E-state index is 0.0541. The van der Waals surface area contributed by atoms with Gasteiger partial charge in [-0.15, -0.1) is 0 Å². The Morgan fingerprint density at radius 2 is 1.70 bits per heavy atom. The standard InChI is InChI=1S/C21H23N5O4/c1-5-12(2)14-17(27)25(11-13-9-7-6-8-10-13)20-22-16-15(26(20)18(14)28)19(29)24(4)21(30)23(16)3/h6-10,12,28H,5,11H2,1-4H3. The third-order valence-electron chi connectivity index (χ3n) is 5.70. The van der Waals surface area contributed by atoms with Crippen molar-refractivity contribution in [3.05, 3.63) is 72.7 Å². The quantitative estimate of drug-likeness (QED) is 0.547. The number of benzene rings is 1. The maximum absolute atomic E-state index is 13.4. The Morgan fingerprint density at radius 3 is 2.33 bits per heavy atom. The number of imidazole rings is 1. The van der Waals surface area contributed by atoms with Gasteiger partial charge in [-0.3, -0.25) is 23.3 Å². The average molecular weight is 409 g/mol. The first-order valence-corrected chi connectivity index (χ1v) is 9.75. The summed E-state index contributed by atoms with van der Waals surface area (Å²) in [5.41, 5.74) is -0.229. The SMILES string of the molecule is CCC(C)c1c(O)n2c3c(=O)n(C)c(=O)n(C)c3nc2n(Cc2ccccc2)c1=O. The molecule has 1 aromatic carbocycles. The van der Waals surface area contributed by atoms with Crippen molar-refractivity contribution in [2.45, 2.75) is 32.7 Å². The Bertz CT molecular complexity index is 1460. The molecule has 0 saturated heterocycles. The average Bonchev–Trinajstić information content (AvgIpc) is 3.15. The van der Waals surface area contributed by atoms with E-state index in [4.69, 9.17) is 0 Å². The second-order valence-corrected chi connectivity index (χ2v) is 7.55. The maximum Gasteiger partial charge on any atom is 0.332 e. The van der Waals surface area contributed by atoms with E-state index in [0.29, 0.717) is 6.42 Å². The highest BCUT2D eigenvalue weighted by molar-refractivity contribution is 5.76. The molecule has 156 valence electrons. The Kier molecular flexibility index (Phi) is 4.60. The number of aromatic nitrogens is 5. The topological polar surface area (TPSA) is 104 Å². The molecule has 0 saturated carbocycles. The molecule has 0 bridgehead atoms. The molecule has 0 aliphatic carbocycles. The third kappa shape index (κ3) is 2.69. The van der Waals surface area contributed by atoms with Crippen molar-refractivity contribution < 1.29 is 5.11 Å². The number of hydrogen-bond acceptors (Lipinski definition) is 5. The minimum Gasteiger partial charge on any atom is -0.494 e. The molecule has 9 heteroatoms. The fraction of sp³-hybridized carbons (Fsp3) is 0.333. The van der Waals surface area contributed by atoms with Gasteiger partial charge in [0.25, 0.3) is 11.1 Å². The van der Waals surface area contributed by atoms with Crippen LogP contribution in [0.2, 0.25) is 0 Å². The van der Waals surface area contributed by atoms with E-state index in [1.54, 1.807) is 0 Å². The highest BCUT2D eigenvalue weighted by atomic mass is 16.3. The largest absolute Gasteiger partial charge is 0.494 e. The van der Waals surface area contributed by atoms with Gasteiger partial charge in [0.1, 0.15) is 0 Å². The molecule has 0 amide bonds. The van der Waals surface area contributed by atoms with E-state index in [2.05, 4.69) is 4.98 Å². The van der Waals surface area contributed by atoms with Gasteiger partial charge in [-0.1, -0.05) is 44.2 Å². The van der Waals surface area contributed by atoms with Crippen LogP contribution >= 0.6 is 0 Å². The van der Waals surface area contributed by atoms with E-state index < -0.39 is 11.2 Å². The van der Waals surface area contributed by atoms with E-state index in [9.17, 15) is 19.5 Å². The van der Waals surface area contributed by atoms with E-state index in [-0.39, 0.29) is 46.4 Å². The van der Waals surface area contributed by atoms with Gasteiger partial charge in [0.2, 0.25) is 11.7 Å². The molecule has 0 spiro atoms. The van der Waals surface area contributed by atoms with E-state index in [1.807, 2.05) is 44.2 Å². The zero-order valence-electron chi connectivity index (χ0n) is 17.3. The number of nitrogens with zero attached hydrogens (tertiary/aromatic N) is 5. The number of aromatic hydroxyl groups is 1. The van der Waals surface area contributed by atoms with Gasteiger partial charge < -0.3 is 5.11 Å². The summed E-state index contributed by atoms with van der Waals surface area (Å²) in [5.74, 6) is -0.439. The second-order valence-electron chi connectivity index (χ2n) is 7.55. The summed E-state index contributed by atoms with van der Waals surface area (Å²) >= 11 is 0. The van der Waals surface area contributed by atoms with E-state index >= 15 is 0 Å². The molecule has 0 aliphatic heterocycles. The summed E-state index contributed by atoms with van der Waals surface area (Å²) < 4.78 is 4.94. The van der Waals surface area contributed by atoms with Gasteiger partial charge in [0.15, 0.2) is 11.2 Å². The Morgan fingerprint density at radius 1 is 1.03 bits per heavy atom. The van der Waals surface area contributed by atoms with Gasteiger partial charge in [0.05, 0.1) is 12.1 Å². The highest BCUT2D eigenvalue weighted by Gasteiger charge is 2.26. The van der Waals surface area contributed by atoms with Crippen molar-refractivity contribution in [3.8, 4) is 5.88 Å². The monoisotopic (exact) mass is 409 g/mol. The van der Waals surface area contributed by atoms with Crippen molar-refractivity contribution in [2.24, 2.45) is 14.1 Å². The lowest BCUT2D eigenvalue weighted by Gasteiger charge is -2.16. The van der Waals surface area contributed by atoms with E-state index in [0.717, 1.165) is 10.1 Å². The zero-order chi connectivity index (χ0) is 21.7. The van der Waals surface area contributed by atoms with Crippen LogP contribution in [0.4, 0.5) is 0 Å². The maximum atomic E-state index is 13.4. The van der Waals surface area contributed by atoms with Crippen molar-refractivity contribution >= 4 is 16.9 Å². The van der Waals surface area contributed by atoms with Gasteiger partial charge in [-0.05, 0) is 17.9 Å². The van der Waals surface area contributed by atoms with Gasteiger partial charge >= 0.3 is 5.69 Å². The molecule has 3 heterocycles. The fourth-order valence-corrected chi connectivity index (χ4v) is 3.76.